The number of amides is 2. The molecule has 2 aliphatic carbocycles. The number of hydrogen-bond acceptors (Lipinski definition) is 3. The van der Waals surface area contributed by atoms with Crippen LogP contribution in [0.5, 0.6) is 0 Å². The van der Waals surface area contributed by atoms with Crippen LogP contribution in [-0.2, 0) is 6.42 Å². The number of hydrogen-bond donors (Lipinski definition) is 3. The van der Waals surface area contributed by atoms with Crippen LogP contribution in [0.15, 0.2) is 42.6 Å². The molecule has 1 aromatic heterocycles. The van der Waals surface area contributed by atoms with Crippen LogP contribution in [0.3, 0.4) is 0 Å². The van der Waals surface area contributed by atoms with Gasteiger partial charge in [-0.15, -0.1) is 0 Å². The van der Waals surface area contributed by atoms with E-state index in [1.165, 1.54) is 62.0 Å². The van der Waals surface area contributed by atoms with Gasteiger partial charge in [-0.1, -0.05) is 37.5 Å². The van der Waals surface area contributed by atoms with Crippen LogP contribution in [0.4, 0.5) is 16.2 Å². The summed E-state index contributed by atoms with van der Waals surface area (Å²) in [7, 11) is 0. The fourth-order valence-electron chi connectivity index (χ4n) is 6.29. The molecule has 2 amide bonds. The number of H-pyrrole nitrogens is 1. The number of carbonyl (C=O) groups excluding carboxylic acids is 1. The predicted molar refractivity (Wildman–Crippen MR) is 128 cm³/mol. The van der Waals surface area contributed by atoms with Crippen LogP contribution < -0.4 is 15.5 Å². The van der Waals surface area contributed by atoms with Crippen LogP contribution in [0.2, 0.25) is 0 Å². The molecular formula is C26H31N5O. The fraction of sp³-hybridized carbons (Fsp3) is 0.462. The Morgan fingerprint density at radius 1 is 1.03 bits per heavy atom. The highest BCUT2D eigenvalue weighted by molar-refractivity contribution is 6.00. The first-order chi connectivity index (χ1) is 15.8. The summed E-state index contributed by atoms with van der Waals surface area (Å²) in [6.45, 7) is 2.37. The number of urea groups is 1. The van der Waals surface area contributed by atoms with Crippen molar-refractivity contribution < 1.29 is 4.79 Å². The second-order valence-corrected chi connectivity index (χ2v) is 9.71. The summed E-state index contributed by atoms with van der Waals surface area (Å²) < 4.78 is 0. The van der Waals surface area contributed by atoms with Crippen molar-refractivity contribution in [2.75, 3.05) is 23.3 Å². The normalized spacial score (nSPS) is 24.8. The second-order valence-electron chi connectivity index (χ2n) is 9.71. The van der Waals surface area contributed by atoms with Crippen molar-refractivity contribution in [3.8, 4) is 0 Å². The van der Waals surface area contributed by atoms with Crippen LogP contribution in [0.1, 0.15) is 55.7 Å². The van der Waals surface area contributed by atoms with E-state index in [0.717, 1.165) is 41.3 Å². The third-order valence-electron chi connectivity index (χ3n) is 7.92. The van der Waals surface area contributed by atoms with Crippen molar-refractivity contribution in [3.63, 3.8) is 0 Å². The molecule has 166 valence electrons. The average molecular weight is 430 g/mol. The number of aromatic amines is 1. The topological polar surface area (TPSA) is 73.0 Å². The van der Waals surface area contributed by atoms with Crippen molar-refractivity contribution in [1.82, 2.24) is 15.5 Å². The summed E-state index contributed by atoms with van der Waals surface area (Å²) in [6.07, 6.45) is 10.7. The Balaban J connectivity index is 1.17. The van der Waals surface area contributed by atoms with Crippen LogP contribution in [-0.4, -0.2) is 29.3 Å². The Hall–Kier alpha value is -3.02. The lowest BCUT2D eigenvalue weighted by Crippen LogP contribution is -2.42. The number of aromatic nitrogens is 2. The summed E-state index contributed by atoms with van der Waals surface area (Å²) in [5, 5.41) is 14.2. The molecule has 3 aliphatic rings. The number of benzene rings is 2. The van der Waals surface area contributed by atoms with Crippen LogP contribution in [0, 0.1) is 11.8 Å². The Labute approximate surface area is 188 Å². The zero-order valence-corrected chi connectivity index (χ0v) is 18.4. The number of nitrogens with one attached hydrogen (secondary N) is 3. The van der Waals surface area contributed by atoms with Crippen molar-refractivity contribution in [2.24, 2.45) is 11.8 Å². The molecule has 0 spiro atoms. The fourth-order valence-corrected chi connectivity index (χ4v) is 6.29. The third-order valence-corrected chi connectivity index (χ3v) is 7.92. The van der Waals surface area contributed by atoms with E-state index in [1.807, 2.05) is 18.2 Å². The molecule has 0 radical (unpaired) electrons. The lowest BCUT2D eigenvalue weighted by atomic mass is 9.75. The summed E-state index contributed by atoms with van der Waals surface area (Å²) in [5.74, 6) is 1.80. The maximum Gasteiger partial charge on any atom is 0.319 e. The molecule has 0 bridgehead atoms. The van der Waals surface area contributed by atoms with E-state index in [2.05, 4.69) is 43.9 Å². The molecule has 2 aromatic carbocycles. The smallest absolute Gasteiger partial charge is 0.319 e. The first-order valence-corrected chi connectivity index (χ1v) is 12.1. The third kappa shape index (κ3) is 3.51. The maximum absolute atomic E-state index is 12.8. The number of piperidine rings is 1. The molecule has 3 aromatic rings. The van der Waals surface area contributed by atoms with Gasteiger partial charge in [0.05, 0.1) is 23.4 Å². The maximum atomic E-state index is 12.8. The van der Waals surface area contributed by atoms with Gasteiger partial charge in [-0.2, -0.15) is 5.10 Å². The molecule has 6 rings (SSSR count). The molecule has 3 N–H and O–H groups in total. The number of carbonyl (C=O) groups is 1. The standard InChI is InChI=1S/C26H31N5O/c32-26(28-22-8-4-9-24-21(22)15-27-30-24)29-23-12-11-20-19(23)7-3-10-25(20)31-14-13-17-5-1-2-6-18(17)16-31/h3-4,7-10,15,17-18,23H,1-2,5-6,11-14,16H2,(H,27,30)(H2,28,29,32). The molecule has 1 saturated heterocycles. The summed E-state index contributed by atoms with van der Waals surface area (Å²) >= 11 is 0. The minimum absolute atomic E-state index is 0.0562. The van der Waals surface area contributed by atoms with Gasteiger partial charge in [0, 0.05) is 24.2 Å². The highest BCUT2D eigenvalue weighted by Gasteiger charge is 2.33. The highest BCUT2D eigenvalue weighted by atomic mass is 16.2. The van der Waals surface area contributed by atoms with Gasteiger partial charge in [-0.05, 0) is 66.8 Å². The van der Waals surface area contributed by atoms with Crippen molar-refractivity contribution in [1.29, 1.82) is 0 Å². The molecule has 3 atom stereocenters. The zero-order chi connectivity index (χ0) is 21.5. The summed E-state index contributed by atoms with van der Waals surface area (Å²) in [5.41, 5.74) is 5.81. The Bertz CT molecular complexity index is 1140. The van der Waals surface area contributed by atoms with Gasteiger partial charge in [0.1, 0.15) is 0 Å². The Morgan fingerprint density at radius 3 is 2.84 bits per heavy atom. The van der Waals surface area contributed by atoms with Gasteiger partial charge in [0.2, 0.25) is 0 Å². The van der Waals surface area contributed by atoms with E-state index in [-0.39, 0.29) is 12.1 Å². The molecule has 6 nitrogen and oxygen atoms in total. The van der Waals surface area contributed by atoms with Crippen molar-refractivity contribution in [2.45, 2.75) is 51.0 Å². The first-order valence-electron chi connectivity index (χ1n) is 12.1. The number of fused-ring (bicyclic) bond motifs is 3. The second kappa shape index (κ2) is 8.15. The van der Waals surface area contributed by atoms with Gasteiger partial charge in [-0.25, -0.2) is 4.79 Å². The van der Waals surface area contributed by atoms with E-state index >= 15 is 0 Å². The lowest BCUT2D eigenvalue weighted by Gasteiger charge is -2.43. The molecule has 6 heteroatoms. The van der Waals surface area contributed by atoms with E-state index in [0.29, 0.717) is 0 Å². The lowest BCUT2D eigenvalue weighted by molar-refractivity contribution is 0.202. The molecule has 2 fully saturated rings. The molecule has 1 saturated carbocycles. The van der Waals surface area contributed by atoms with Gasteiger partial charge in [-0.3, -0.25) is 5.10 Å². The van der Waals surface area contributed by atoms with E-state index in [1.54, 1.807) is 6.20 Å². The van der Waals surface area contributed by atoms with E-state index in [9.17, 15) is 4.79 Å². The van der Waals surface area contributed by atoms with Gasteiger partial charge in [0.25, 0.3) is 0 Å². The van der Waals surface area contributed by atoms with E-state index < -0.39 is 0 Å². The minimum atomic E-state index is -0.162. The average Bonchev–Trinajstić information content (AvgIpc) is 3.47. The molecule has 32 heavy (non-hydrogen) atoms. The highest BCUT2D eigenvalue weighted by Crippen LogP contribution is 2.42. The predicted octanol–water partition coefficient (Wildman–Crippen LogP) is 5.39. The molecule has 2 heterocycles. The number of anilines is 2. The van der Waals surface area contributed by atoms with Crippen LogP contribution in [0.25, 0.3) is 10.9 Å². The summed E-state index contributed by atoms with van der Waals surface area (Å²) in [6, 6.07) is 12.3. The molecular weight excluding hydrogens is 398 g/mol. The van der Waals surface area contributed by atoms with Gasteiger partial charge in [0.15, 0.2) is 0 Å². The SMILES string of the molecule is O=C(Nc1cccc2[nH]ncc12)NC1CCc2c1cccc2N1CCC2CCCCC2C1. The summed E-state index contributed by atoms with van der Waals surface area (Å²) in [4.78, 5) is 15.5. The number of rotatable bonds is 3. The minimum Gasteiger partial charge on any atom is -0.371 e. The van der Waals surface area contributed by atoms with Crippen molar-refractivity contribution in [3.05, 3.63) is 53.7 Å². The van der Waals surface area contributed by atoms with Crippen molar-refractivity contribution >= 4 is 28.3 Å². The molecule has 3 unspecified atom stereocenters. The Morgan fingerprint density at radius 2 is 1.91 bits per heavy atom. The number of nitrogens with zero attached hydrogens (tertiary/aromatic N) is 2. The zero-order valence-electron chi connectivity index (χ0n) is 18.4. The monoisotopic (exact) mass is 429 g/mol. The quantitative estimate of drug-likeness (QED) is 0.523. The van der Waals surface area contributed by atoms with E-state index in [4.69, 9.17) is 0 Å². The molecule has 1 aliphatic heterocycles. The Kier molecular flexibility index (Phi) is 5.01. The van der Waals surface area contributed by atoms with Gasteiger partial charge < -0.3 is 15.5 Å². The largest absolute Gasteiger partial charge is 0.371 e. The van der Waals surface area contributed by atoms with Crippen LogP contribution >= 0.6 is 0 Å². The van der Waals surface area contributed by atoms with Gasteiger partial charge >= 0.3 is 6.03 Å². The first kappa shape index (κ1) is 19.6.